The Balaban J connectivity index is 1.27. The molecule has 7 heteroatoms. The summed E-state index contributed by atoms with van der Waals surface area (Å²) in [5, 5.41) is 10.9. The summed E-state index contributed by atoms with van der Waals surface area (Å²) in [6.45, 7) is 0.622. The Bertz CT molecular complexity index is 1380. The molecule has 3 aromatic rings. The maximum Gasteiger partial charge on any atom is 0.222 e. The van der Waals surface area contributed by atoms with E-state index in [0.717, 1.165) is 48.1 Å². The highest BCUT2D eigenvalue weighted by Crippen LogP contribution is 2.53. The van der Waals surface area contributed by atoms with E-state index in [0.29, 0.717) is 24.6 Å². The van der Waals surface area contributed by atoms with Gasteiger partial charge in [-0.05, 0) is 66.6 Å². The molecule has 1 saturated carbocycles. The molecule has 1 unspecified atom stereocenters. The van der Waals surface area contributed by atoms with Crippen LogP contribution < -0.4 is 10.5 Å². The number of benzene rings is 3. The largest absolute Gasteiger partial charge is 0.487 e. The lowest BCUT2D eigenvalue weighted by atomic mass is 9.74. The fraction of sp³-hybridized carbons (Fsp3) is 0.333. The average molecular weight is 495 g/mol. The summed E-state index contributed by atoms with van der Waals surface area (Å²) in [5.74, 6) is 1.11. The number of aliphatic imine (C=N–C) groups is 1. The summed E-state index contributed by atoms with van der Waals surface area (Å²) < 4.78 is 13.0. The minimum atomic E-state index is -0.951. The normalized spacial score (nSPS) is 26.4. The van der Waals surface area contributed by atoms with Gasteiger partial charge in [-0.2, -0.15) is 5.26 Å². The van der Waals surface area contributed by atoms with Gasteiger partial charge in [-0.15, -0.1) is 0 Å². The van der Waals surface area contributed by atoms with Crippen molar-refractivity contribution < 1.29 is 14.3 Å². The first-order valence-electron chi connectivity index (χ1n) is 12.8. The Kier molecular flexibility index (Phi) is 5.86. The third-order valence-corrected chi connectivity index (χ3v) is 7.69. The molecule has 7 nitrogen and oxygen atoms in total. The van der Waals surface area contributed by atoms with Gasteiger partial charge in [-0.1, -0.05) is 48.5 Å². The van der Waals surface area contributed by atoms with Crippen molar-refractivity contribution >= 4 is 5.96 Å². The van der Waals surface area contributed by atoms with Crippen LogP contribution in [0, 0.1) is 11.3 Å². The molecule has 6 rings (SSSR count). The van der Waals surface area contributed by atoms with Gasteiger partial charge in [0.1, 0.15) is 11.4 Å². The summed E-state index contributed by atoms with van der Waals surface area (Å²) in [6.07, 6.45) is 4.29. The molecule has 1 atom stereocenters. The second-order valence-electron chi connectivity index (χ2n) is 10.2. The molecule has 2 aliphatic heterocycles. The Morgan fingerprint density at radius 3 is 2.57 bits per heavy atom. The lowest BCUT2D eigenvalue weighted by Crippen LogP contribution is -2.51. The van der Waals surface area contributed by atoms with Crippen molar-refractivity contribution in [3.63, 3.8) is 0 Å². The van der Waals surface area contributed by atoms with Gasteiger partial charge < -0.3 is 15.2 Å². The van der Waals surface area contributed by atoms with Gasteiger partial charge in [0, 0.05) is 13.5 Å². The van der Waals surface area contributed by atoms with Gasteiger partial charge in [0.05, 0.1) is 29.9 Å². The lowest BCUT2D eigenvalue weighted by Gasteiger charge is -2.48. The molecule has 0 aromatic heterocycles. The molecular weight excluding hydrogens is 464 g/mol. The topological polar surface area (TPSA) is 93.1 Å². The molecular formula is C30H30N4O3. The molecule has 3 aliphatic rings. The van der Waals surface area contributed by atoms with E-state index in [2.05, 4.69) is 24.3 Å². The van der Waals surface area contributed by atoms with E-state index >= 15 is 0 Å². The summed E-state index contributed by atoms with van der Waals surface area (Å²) in [4.78, 5) is 11.2. The minimum absolute atomic E-state index is 0.197. The van der Waals surface area contributed by atoms with Gasteiger partial charge in [-0.25, -0.2) is 14.9 Å². The number of nitriles is 1. The van der Waals surface area contributed by atoms with Crippen molar-refractivity contribution in [1.29, 1.82) is 5.26 Å². The third-order valence-electron chi connectivity index (χ3n) is 7.69. The van der Waals surface area contributed by atoms with Gasteiger partial charge in [0.25, 0.3) is 0 Å². The van der Waals surface area contributed by atoms with Crippen molar-refractivity contribution in [3.8, 4) is 22.9 Å². The second kappa shape index (κ2) is 9.22. The van der Waals surface area contributed by atoms with Crippen LogP contribution in [0.5, 0.6) is 5.75 Å². The van der Waals surface area contributed by atoms with E-state index < -0.39 is 11.3 Å². The van der Waals surface area contributed by atoms with Crippen LogP contribution in [0.3, 0.4) is 0 Å². The van der Waals surface area contributed by atoms with Gasteiger partial charge in [0.2, 0.25) is 11.7 Å². The van der Waals surface area contributed by atoms with Crippen LogP contribution in [0.1, 0.15) is 48.8 Å². The van der Waals surface area contributed by atoms with Crippen molar-refractivity contribution in [2.24, 2.45) is 10.7 Å². The summed E-state index contributed by atoms with van der Waals surface area (Å²) in [6, 6.07) is 26.2. The van der Waals surface area contributed by atoms with E-state index in [4.69, 9.17) is 25.0 Å². The number of nitrogens with two attached hydrogens (primary N) is 1. The van der Waals surface area contributed by atoms with Crippen LogP contribution in [-0.4, -0.2) is 29.8 Å². The van der Waals surface area contributed by atoms with Gasteiger partial charge >= 0.3 is 0 Å². The SMILES string of the molecule is CN1OC2(CC3(CCC(OCc4ccccc4)CC3)Oc3ccc(-c4cccc(C#N)c4)cc32)N=C1N. The number of hydroxylamine groups is 2. The molecule has 37 heavy (non-hydrogen) atoms. The van der Waals surface area contributed by atoms with E-state index in [-0.39, 0.29) is 6.10 Å². The highest BCUT2D eigenvalue weighted by Gasteiger charge is 2.55. The van der Waals surface area contributed by atoms with Crippen LogP contribution in [0.25, 0.3) is 11.1 Å². The molecule has 188 valence electrons. The summed E-state index contributed by atoms with van der Waals surface area (Å²) >= 11 is 0. The number of fused-ring (bicyclic) bond motifs is 2. The Labute approximate surface area is 217 Å². The summed E-state index contributed by atoms with van der Waals surface area (Å²) in [5.41, 5.74) is 9.45. The van der Waals surface area contributed by atoms with Crippen molar-refractivity contribution in [1.82, 2.24) is 5.06 Å². The molecule has 1 aliphatic carbocycles. The molecule has 3 aromatic carbocycles. The standard InChI is InChI=1S/C30H30N4O3/c1-34-28(32)33-30(37-34)20-29(14-12-25(13-15-29)35-19-21-6-3-2-4-7-21)36-27-11-10-24(17-26(27)30)23-9-5-8-22(16-23)18-31/h2-11,16-17,25H,12-15,19-20H2,1H3,(H2,32,33). The molecule has 0 saturated heterocycles. The van der Waals surface area contributed by atoms with E-state index in [1.807, 2.05) is 48.5 Å². The molecule has 0 amide bonds. The lowest BCUT2D eigenvalue weighted by molar-refractivity contribution is -0.210. The molecule has 2 N–H and O–H groups in total. The maximum absolute atomic E-state index is 9.34. The fourth-order valence-electron chi connectivity index (χ4n) is 5.75. The first-order valence-corrected chi connectivity index (χ1v) is 12.8. The number of rotatable bonds is 4. The molecule has 2 heterocycles. The van der Waals surface area contributed by atoms with Crippen molar-refractivity contribution in [2.45, 2.75) is 56.1 Å². The highest BCUT2D eigenvalue weighted by molar-refractivity contribution is 5.79. The van der Waals surface area contributed by atoms with Crippen LogP contribution in [0.2, 0.25) is 0 Å². The Hall–Kier alpha value is -3.86. The predicted octanol–water partition coefficient (Wildman–Crippen LogP) is 5.25. The molecule has 0 radical (unpaired) electrons. The van der Waals surface area contributed by atoms with E-state index in [1.54, 1.807) is 18.2 Å². The highest BCUT2D eigenvalue weighted by atomic mass is 16.7. The quantitative estimate of drug-likeness (QED) is 0.533. The number of hydrogen-bond acceptors (Lipinski definition) is 7. The van der Waals surface area contributed by atoms with Crippen molar-refractivity contribution in [2.75, 3.05) is 7.05 Å². The zero-order valence-corrected chi connectivity index (χ0v) is 20.9. The molecule has 0 bridgehead atoms. The maximum atomic E-state index is 9.34. The third kappa shape index (κ3) is 4.43. The number of guanidine groups is 1. The monoisotopic (exact) mass is 494 g/mol. The summed E-state index contributed by atoms with van der Waals surface area (Å²) in [7, 11) is 1.78. The van der Waals surface area contributed by atoms with Crippen LogP contribution in [0.4, 0.5) is 0 Å². The Morgan fingerprint density at radius 2 is 1.84 bits per heavy atom. The van der Waals surface area contributed by atoms with Gasteiger partial charge in [-0.3, -0.25) is 0 Å². The fourth-order valence-corrected chi connectivity index (χ4v) is 5.75. The number of hydrogen-bond donors (Lipinski definition) is 1. The zero-order chi connectivity index (χ0) is 25.5. The predicted molar refractivity (Wildman–Crippen MR) is 140 cm³/mol. The second-order valence-corrected chi connectivity index (χ2v) is 10.2. The minimum Gasteiger partial charge on any atom is -0.487 e. The Morgan fingerprint density at radius 1 is 1.05 bits per heavy atom. The molecule has 2 spiro atoms. The smallest absolute Gasteiger partial charge is 0.222 e. The van der Waals surface area contributed by atoms with E-state index in [1.165, 1.54) is 5.56 Å². The van der Waals surface area contributed by atoms with Crippen LogP contribution >= 0.6 is 0 Å². The number of nitrogens with zero attached hydrogens (tertiary/aromatic N) is 3. The first-order chi connectivity index (χ1) is 18.0. The zero-order valence-electron chi connectivity index (χ0n) is 20.9. The van der Waals surface area contributed by atoms with Crippen LogP contribution in [-0.2, 0) is 21.9 Å². The van der Waals surface area contributed by atoms with Crippen molar-refractivity contribution in [3.05, 3.63) is 89.5 Å². The average Bonchev–Trinajstić information content (AvgIpc) is 3.21. The number of ether oxygens (including phenoxy) is 2. The molecule has 1 fully saturated rings. The van der Waals surface area contributed by atoms with E-state index in [9.17, 15) is 5.26 Å². The van der Waals surface area contributed by atoms with Gasteiger partial charge in [0.15, 0.2) is 0 Å². The first kappa shape index (κ1) is 23.5. The van der Waals surface area contributed by atoms with Crippen LogP contribution in [0.15, 0.2) is 77.8 Å².